The average Bonchev–Trinajstić information content (AvgIpc) is 3.79. The van der Waals surface area contributed by atoms with Crippen LogP contribution in [0.2, 0.25) is 0 Å². The molecule has 0 aliphatic carbocycles. The van der Waals surface area contributed by atoms with Crippen molar-refractivity contribution in [3.8, 4) is 27.9 Å². The van der Waals surface area contributed by atoms with E-state index < -0.39 is 0 Å². The minimum absolute atomic E-state index is 1.11. The van der Waals surface area contributed by atoms with Crippen LogP contribution in [0.25, 0.3) is 80.7 Å². The van der Waals surface area contributed by atoms with E-state index in [-0.39, 0.29) is 0 Å². The number of hydrogen-bond donors (Lipinski definition) is 0. The van der Waals surface area contributed by atoms with E-state index in [9.17, 15) is 0 Å². The molecule has 55 heavy (non-hydrogen) atoms. The molecule has 2 aromatic heterocycles. The van der Waals surface area contributed by atoms with Crippen molar-refractivity contribution in [1.29, 1.82) is 0 Å². The number of rotatable bonds is 6. The molecule has 9 aromatic carbocycles. The predicted octanol–water partition coefficient (Wildman–Crippen LogP) is 15.1. The minimum Gasteiger partial charge on any atom is -0.310 e. The lowest BCUT2D eigenvalue weighted by molar-refractivity contribution is 1.18. The van der Waals surface area contributed by atoms with Gasteiger partial charge in [0.1, 0.15) is 0 Å². The lowest BCUT2D eigenvalue weighted by Crippen LogP contribution is -2.11. The third-order valence-corrected chi connectivity index (χ3v) is 12.1. The van der Waals surface area contributed by atoms with Crippen molar-refractivity contribution in [3.05, 3.63) is 206 Å². The van der Waals surface area contributed by atoms with Crippen molar-refractivity contribution >= 4 is 81.1 Å². The maximum atomic E-state index is 2.43. The van der Waals surface area contributed by atoms with Crippen molar-refractivity contribution in [2.24, 2.45) is 0 Å². The van der Waals surface area contributed by atoms with Crippen LogP contribution in [-0.4, -0.2) is 4.57 Å². The van der Waals surface area contributed by atoms with Crippen LogP contribution in [0.3, 0.4) is 0 Å². The van der Waals surface area contributed by atoms with Crippen LogP contribution in [0.1, 0.15) is 0 Å². The first-order valence-corrected chi connectivity index (χ1v) is 19.6. The van der Waals surface area contributed by atoms with Gasteiger partial charge in [-0.05, 0) is 94.2 Å². The van der Waals surface area contributed by atoms with Crippen LogP contribution in [0.5, 0.6) is 0 Å². The van der Waals surface area contributed by atoms with Gasteiger partial charge in [-0.15, -0.1) is 11.3 Å². The lowest BCUT2D eigenvalue weighted by atomic mass is 9.96. The van der Waals surface area contributed by atoms with Gasteiger partial charge in [0.15, 0.2) is 0 Å². The van der Waals surface area contributed by atoms with Gasteiger partial charge in [0.05, 0.1) is 16.7 Å². The number of para-hydroxylation sites is 3. The monoisotopic (exact) mass is 718 g/mol. The van der Waals surface area contributed by atoms with E-state index in [4.69, 9.17) is 0 Å². The highest BCUT2D eigenvalue weighted by atomic mass is 32.1. The highest BCUT2D eigenvalue weighted by Gasteiger charge is 2.20. The van der Waals surface area contributed by atoms with Gasteiger partial charge in [0, 0.05) is 53.6 Å². The summed E-state index contributed by atoms with van der Waals surface area (Å²) in [5, 5.41) is 7.58. The molecule has 0 fully saturated rings. The van der Waals surface area contributed by atoms with Crippen LogP contribution in [0.4, 0.5) is 17.1 Å². The van der Waals surface area contributed by atoms with Gasteiger partial charge >= 0.3 is 0 Å². The quantitative estimate of drug-likeness (QED) is 0.166. The van der Waals surface area contributed by atoms with Crippen LogP contribution in [0, 0.1) is 0 Å². The maximum absolute atomic E-state index is 2.43. The molecule has 0 N–H and O–H groups in total. The van der Waals surface area contributed by atoms with Crippen molar-refractivity contribution in [2.75, 3.05) is 4.90 Å². The molecule has 0 aliphatic heterocycles. The summed E-state index contributed by atoms with van der Waals surface area (Å²) in [5.41, 5.74) is 11.7. The second kappa shape index (κ2) is 12.9. The van der Waals surface area contributed by atoms with Gasteiger partial charge in [-0.2, -0.15) is 0 Å². The molecular weight excluding hydrogens is 685 g/mol. The molecule has 2 nitrogen and oxygen atoms in total. The first-order valence-electron chi connectivity index (χ1n) is 18.8. The summed E-state index contributed by atoms with van der Waals surface area (Å²) in [6.07, 6.45) is 0. The average molecular weight is 719 g/mol. The third kappa shape index (κ3) is 5.24. The molecule has 0 bridgehead atoms. The summed E-state index contributed by atoms with van der Waals surface area (Å²) in [6, 6.07) is 75.2. The van der Waals surface area contributed by atoms with E-state index in [0.29, 0.717) is 0 Å². The van der Waals surface area contributed by atoms with E-state index in [1.165, 1.54) is 75.0 Å². The molecular formula is C52H34N2S. The summed E-state index contributed by atoms with van der Waals surface area (Å²) in [5.74, 6) is 0. The molecule has 0 saturated heterocycles. The van der Waals surface area contributed by atoms with Crippen LogP contribution in [-0.2, 0) is 0 Å². The summed E-state index contributed by atoms with van der Waals surface area (Å²) in [4.78, 5) is 2.43. The first kappa shape index (κ1) is 31.6. The van der Waals surface area contributed by atoms with Crippen molar-refractivity contribution < 1.29 is 0 Å². The number of thiophene rings is 1. The second-order valence-corrected chi connectivity index (χ2v) is 15.2. The van der Waals surface area contributed by atoms with E-state index in [0.717, 1.165) is 22.7 Å². The topological polar surface area (TPSA) is 8.17 Å². The standard InChI is InChI=1S/C52H34N2S/c1-2-15-38(16-3-1)54-49-23-10-7-19-44(49)45-31-27-37(33-50(45)54)35-25-28-39(29-26-35)53(40-30-32-52-47(34-40)46-20-8-11-24-51(46)55-52)48-22-9-6-18-43(48)42-21-12-14-36-13-4-5-17-41(36)42/h1-34H. The zero-order valence-corrected chi connectivity index (χ0v) is 30.7. The molecule has 11 rings (SSSR count). The SMILES string of the molecule is c1ccc(-n2c3ccccc3c3ccc(-c4ccc(N(c5ccc6sc7ccccc7c6c5)c5ccccc5-c5cccc6ccccc56)cc4)cc32)cc1. The molecule has 0 amide bonds. The van der Waals surface area contributed by atoms with Gasteiger partial charge in [-0.3, -0.25) is 0 Å². The Kier molecular flexibility index (Phi) is 7.39. The van der Waals surface area contributed by atoms with Gasteiger partial charge < -0.3 is 9.47 Å². The maximum Gasteiger partial charge on any atom is 0.0547 e. The van der Waals surface area contributed by atoms with Crippen LogP contribution in [0.15, 0.2) is 206 Å². The molecule has 0 spiro atoms. The molecule has 3 heteroatoms. The Morgan fingerprint density at radius 3 is 1.89 bits per heavy atom. The van der Waals surface area contributed by atoms with Crippen LogP contribution >= 0.6 is 11.3 Å². The minimum atomic E-state index is 1.11. The highest BCUT2D eigenvalue weighted by molar-refractivity contribution is 7.25. The summed E-state index contributed by atoms with van der Waals surface area (Å²) in [7, 11) is 0. The molecule has 0 aliphatic rings. The number of hydrogen-bond acceptors (Lipinski definition) is 2. The van der Waals surface area contributed by atoms with Crippen molar-refractivity contribution in [3.63, 3.8) is 0 Å². The van der Waals surface area contributed by atoms with E-state index in [1.54, 1.807) is 0 Å². The Labute approximate surface area is 323 Å². The second-order valence-electron chi connectivity index (χ2n) is 14.1. The largest absolute Gasteiger partial charge is 0.310 e. The van der Waals surface area contributed by atoms with Gasteiger partial charge in [-0.1, -0.05) is 140 Å². The zero-order valence-electron chi connectivity index (χ0n) is 29.9. The Morgan fingerprint density at radius 1 is 0.364 bits per heavy atom. The van der Waals surface area contributed by atoms with Crippen molar-refractivity contribution in [2.45, 2.75) is 0 Å². The van der Waals surface area contributed by atoms with E-state index >= 15 is 0 Å². The predicted molar refractivity (Wildman–Crippen MR) is 237 cm³/mol. The van der Waals surface area contributed by atoms with Gasteiger partial charge in [0.2, 0.25) is 0 Å². The molecule has 0 atom stereocenters. The Morgan fingerprint density at radius 2 is 1.00 bits per heavy atom. The van der Waals surface area contributed by atoms with Crippen molar-refractivity contribution in [1.82, 2.24) is 4.57 Å². The number of benzene rings is 9. The van der Waals surface area contributed by atoms with E-state index in [2.05, 4.69) is 216 Å². The Bertz CT molecular complexity index is 3200. The van der Waals surface area contributed by atoms with Gasteiger partial charge in [0.25, 0.3) is 0 Å². The number of fused-ring (bicyclic) bond motifs is 7. The number of aromatic nitrogens is 1. The Hall–Kier alpha value is -6.94. The molecule has 11 aromatic rings. The molecule has 0 radical (unpaired) electrons. The van der Waals surface area contributed by atoms with Crippen LogP contribution < -0.4 is 4.90 Å². The summed E-state index contributed by atoms with van der Waals surface area (Å²) >= 11 is 1.86. The lowest BCUT2D eigenvalue weighted by Gasteiger charge is -2.28. The molecule has 0 saturated carbocycles. The fourth-order valence-corrected chi connectivity index (χ4v) is 9.53. The van der Waals surface area contributed by atoms with Gasteiger partial charge in [-0.25, -0.2) is 0 Å². The summed E-state index contributed by atoms with van der Waals surface area (Å²) in [6.45, 7) is 0. The summed E-state index contributed by atoms with van der Waals surface area (Å²) < 4.78 is 4.99. The fraction of sp³-hybridized carbons (Fsp3) is 0. The number of nitrogens with zero attached hydrogens (tertiary/aromatic N) is 2. The highest BCUT2D eigenvalue weighted by Crippen LogP contribution is 2.45. The first-order chi connectivity index (χ1) is 27.3. The smallest absolute Gasteiger partial charge is 0.0547 e. The third-order valence-electron chi connectivity index (χ3n) is 11.0. The Balaban J connectivity index is 1.08. The molecule has 258 valence electrons. The fourth-order valence-electron chi connectivity index (χ4n) is 8.45. The normalized spacial score (nSPS) is 11.6. The molecule has 0 unspecified atom stereocenters. The molecule has 2 heterocycles. The number of anilines is 3. The van der Waals surface area contributed by atoms with E-state index in [1.807, 2.05) is 11.3 Å². The zero-order chi connectivity index (χ0) is 36.3.